The lowest BCUT2D eigenvalue weighted by atomic mass is 10.0. The number of H-pyrrole nitrogens is 1. The molecule has 3 heterocycles. The number of carbonyl (C=O) groups excluding carboxylic acids is 1. The Labute approximate surface area is 162 Å². The number of aromatic amines is 1. The van der Waals surface area contributed by atoms with Crippen molar-refractivity contribution in [2.75, 3.05) is 11.6 Å². The SMILES string of the molecule is CSc1c(F)cc2[nH]ncc2c1-c1ccn2nc(NC(=O)[C@@H]3C[C@H]3F)cc2c1. The lowest BCUT2D eigenvalue weighted by molar-refractivity contribution is -0.117. The van der Waals surface area contributed by atoms with Crippen LogP contribution in [0.2, 0.25) is 0 Å². The second-order valence-electron chi connectivity index (χ2n) is 6.76. The molecule has 28 heavy (non-hydrogen) atoms. The van der Waals surface area contributed by atoms with Crippen molar-refractivity contribution in [2.24, 2.45) is 5.92 Å². The molecule has 0 bridgehead atoms. The van der Waals surface area contributed by atoms with Crippen molar-refractivity contribution < 1.29 is 13.6 Å². The molecule has 0 saturated heterocycles. The average Bonchev–Trinajstić information content (AvgIpc) is 3.05. The minimum absolute atomic E-state index is 0.265. The van der Waals surface area contributed by atoms with Crippen molar-refractivity contribution >= 4 is 39.9 Å². The second kappa shape index (κ2) is 6.30. The van der Waals surface area contributed by atoms with Gasteiger partial charge in [-0.2, -0.15) is 10.2 Å². The van der Waals surface area contributed by atoms with E-state index >= 15 is 0 Å². The molecule has 5 rings (SSSR count). The third-order valence-corrected chi connectivity index (χ3v) is 5.72. The van der Waals surface area contributed by atoms with Crippen molar-refractivity contribution in [3.05, 3.63) is 42.5 Å². The van der Waals surface area contributed by atoms with Gasteiger partial charge < -0.3 is 5.32 Å². The number of hydrogen-bond donors (Lipinski definition) is 2. The van der Waals surface area contributed by atoms with Gasteiger partial charge in [-0.1, -0.05) is 0 Å². The van der Waals surface area contributed by atoms with E-state index in [9.17, 15) is 13.6 Å². The molecule has 1 fully saturated rings. The quantitative estimate of drug-likeness (QED) is 0.508. The molecule has 1 amide bonds. The summed E-state index contributed by atoms with van der Waals surface area (Å²) in [6.07, 6.45) is 4.46. The highest BCUT2D eigenvalue weighted by atomic mass is 32.2. The average molecular weight is 399 g/mol. The highest BCUT2D eigenvalue weighted by Gasteiger charge is 2.43. The molecule has 9 heteroatoms. The first-order chi connectivity index (χ1) is 13.5. The molecule has 2 N–H and O–H groups in total. The van der Waals surface area contributed by atoms with E-state index in [1.807, 2.05) is 18.4 Å². The van der Waals surface area contributed by atoms with E-state index in [4.69, 9.17) is 0 Å². The number of nitrogens with zero attached hydrogens (tertiary/aromatic N) is 3. The Hall–Kier alpha value is -2.94. The first kappa shape index (κ1) is 17.2. The number of thioether (sulfide) groups is 1. The Kier molecular flexibility index (Phi) is 3.87. The van der Waals surface area contributed by atoms with Crippen LogP contribution >= 0.6 is 11.8 Å². The summed E-state index contributed by atoms with van der Waals surface area (Å²) in [5.74, 6) is -0.887. The molecule has 1 aliphatic carbocycles. The predicted octanol–water partition coefficient (Wildman–Crippen LogP) is 4.04. The summed E-state index contributed by atoms with van der Waals surface area (Å²) in [5.41, 5.74) is 2.92. The summed E-state index contributed by atoms with van der Waals surface area (Å²) in [7, 11) is 0. The van der Waals surface area contributed by atoms with Gasteiger partial charge in [0.05, 0.1) is 28.0 Å². The number of carbonyl (C=O) groups is 1. The molecule has 0 aliphatic heterocycles. The number of pyridine rings is 1. The minimum Gasteiger partial charge on any atom is -0.309 e. The zero-order chi connectivity index (χ0) is 19.4. The summed E-state index contributed by atoms with van der Waals surface area (Å²) in [6, 6.07) is 6.87. The molecule has 0 radical (unpaired) electrons. The van der Waals surface area contributed by atoms with Crippen LogP contribution in [0.5, 0.6) is 0 Å². The van der Waals surface area contributed by atoms with Crippen molar-refractivity contribution in [2.45, 2.75) is 17.5 Å². The van der Waals surface area contributed by atoms with Crippen LogP contribution in [0.4, 0.5) is 14.6 Å². The number of nitrogens with one attached hydrogen (secondary N) is 2. The molecule has 1 saturated carbocycles. The Balaban J connectivity index is 1.58. The molecule has 0 unspecified atom stereocenters. The Morgan fingerprint density at radius 1 is 1.39 bits per heavy atom. The number of halogens is 2. The highest BCUT2D eigenvalue weighted by Crippen LogP contribution is 2.39. The molecule has 0 spiro atoms. The third kappa shape index (κ3) is 2.73. The molecule has 1 aromatic carbocycles. The van der Waals surface area contributed by atoms with Gasteiger partial charge >= 0.3 is 0 Å². The smallest absolute Gasteiger partial charge is 0.231 e. The van der Waals surface area contributed by atoms with Crippen LogP contribution < -0.4 is 5.32 Å². The van der Waals surface area contributed by atoms with Crippen LogP contribution in [0.25, 0.3) is 27.5 Å². The van der Waals surface area contributed by atoms with Crippen LogP contribution in [-0.4, -0.2) is 38.1 Å². The van der Waals surface area contributed by atoms with E-state index < -0.39 is 12.1 Å². The third-order valence-electron chi connectivity index (χ3n) is 4.91. The lowest BCUT2D eigenvalue weighted by Gasteiger charge is -2.11. The van der Waals surface area contributed by atoms with Crippen molar-refractivity contribution in [1.29, 1.82) is 0 Å². The number of rotatable bonds is 4. The van der Waals surface area contributed by atoms with Gasteiger partial charge in [-0.05, 0) is 30.4 Å². The monoisotopic (exact) mass is 399 g/mol. The van der Waals surface area contributed by atoms with E-state index in [1.54, 1.807) is 23.0 Å². The molecular formula is C19H15F2N5OS. The molecule has 1 aliphatic rings. The molecule has 3 aromatic heterocycles. The number of hydrogen-bond acceptors (Lipinski definition) is 4. The van der Waals surface area contributed by atoms with E-state index in [0.717, 1.165) is 22.0 Å². The summed E-state index contributed by atoms with van der Waals surface area (Å²) in [5, 5.41) is 14.6. The Morgan fingerprint density at radius 2 is 2.21 bits per heavy atom. The topological polar surface area (TPSA) is 75.1 Å². The van der Waals surface area contributed by atoms with Gasteiger partial charge in [0.2, 0.25) is 5.91 Å². The number of aromatic nitrogens is 4. The summed E-state index contributed by atoms with van der Waals surface area (Å²) < 4.78 is 29.2. The minimum atomic E-state index is -1.06. The van der Waals surface area contributed by atoms with Gasteiger partial charge in [0, 0.05) is 29.3 Å². The van der Waals surface area contributed by atoms with Gasteiger partial charge in [0.1, 0.15) is 12.0 Å². The van der Waals surface area contributed by atoms with Gasteiger partial charge in [-0.15, -0.1) is 11.8 Å². The maximum Gasteiger partial charge on any atom is 0.231 e. The summed E-state index contributed by atoms with van der Waals surface area (Å²) in [6.45, 7) is 0. The number of fused-ring (bicyclic) bond motifs is 2. The number of amides is 1. The van der Waals surface area contributed by atoms with E-state index in [0.29, 0.717) is 16.2 Å². The first-order valence-electron chi connectivity index (χ1n) is 8.69. The maximum atomic E-state index is 14.6. The summed E-state index contributed by atoms with van der Waals surface area (Å²) in [4.78, 5) is 12.5. The van der Waals surface area contributed by atoms with E-state index in [2.05, 4.69) is 20.6 Å². The lowest BCUT2D eigenvalue weighted by Crippen LogP contribution is -2.15. The van der Waals surface area contributed by atoms with Crippen molar-refractivity contribution in [3.8, 4) is 11.1 Å². The van der Waals surface area contributed by atoms with Crippen molar-refractivity contribution in [1.82, 2.24) is 19.8 Å². The van der Waals surface area contributed by atoms with Gasteiger partial charge in [-0.25, -0.2) is 13.3 Å². The standard InChI is InChI=1S/C19H15F2N5OS/c1-28-18-14(21)7-15-12(8-22-24-15)17(18)9-2-3-26-10(4-9)5-16(25-26)23-19(27)11-6-13(11)20/h2-5,7-8,11,13H,6H2,1H3,(H,22,24)(H,23,25,27)/t11-,13-/m1/s1. The Bertz CT molecular complexity index is 1230. The molecule has 2 atom stereocenters. The van der Waals surface area contributed by atoms with Gasteiger partial charge in [0.15, 0.2) is 5.82 Å². The predicted molar refractivity (Wildman–Crippen MR) is 104 cm³/mol. The zero-order valence-electron chi connectivity index (χ0n) is 14.7. The normalized spacial score (nSPS) is 18.7. The maximum absolute atomic E-state index is 14.6. The van der Waals surface area contributed by atoms with E-state index in [1.165, 1.54) is 17.8 Å². The van der Waals surface area contributed by atoms with E-state index in [-0.39, 0.29) is 18.1 Å². The zero-order valence-corrected chi connectivity index (χ0v) is 15.6. The fraction of sp³-hybridized carbons (Fsp3) is 0.211. The molecule has 4 aromatic rings. The fourth-order valence-corrected chi connectivity index (χ4v) is 4.08. The Morgan fingerprint density at radius 3 is 2.96 bits per heavy atom. The van der Waals surface area contributed by atoms with Crippen molar-refractivity contribution in [3.63, 3.8) is 0 Å². The van der Waals surface area contributed by atoms with Crippen LogP contribution in [0.1, 0.15) is 6.42 Å². The fourth-order valence-electron chi connectivity index (χ4n) is 3.39. The molecular weight excluding hydrogens is 384 g/mol. The molecule has 142 valence electrons. The second-order valence-corrected chi connectivity index (χ2v) is 7.58. The summed E-state index contributed by atoms with van der Waals surface area (Å²) >= 11 is 1.33. The van der Waals surface area contributed by atoms with Crippen LogP contribution in [0.3, 0.4) is 0 Å². The number of anilines is 1. The molecule has 6 nitrogen and oxygen atoms in total. The van der Waals surface area contributed by atoms with Crippen LogP contribution in [0, 0.1) is 11.7 Å². The highest BCUT2D eigenvalue weighted by molar-refractivity contribution is 7.98. The van der Waals surface area contributed by atoms with Crippen LogP contribution in [-0.2, 0) is 4.79 Å². The van der Waals surface area contributed by atoms with Gasteiger partial charge in [-0.3, -0.25) is 9.89 Å². The first-order valence-corrected chi connectivity index (χ1v) is 9.92. The largest absolute Gasteiger partial charge is 0.309 e. The number of alkyl halides is 1. The van der Waals surface area contributed by atoms with Crippen LogP contribution in [0.15, 0.2) is 41.6 Å². The van der Waals surface area contributed by atoms with Gasteiger partial charge in [0.25, 0.3) is 0 Å². The number of benzene rings is 1.